The number of sulfone groups is 1. The number of aromatic nitrogens is 1. The fourth-order valence-corrected chi connectivity index (χ4v) is 5.68. The van der Waals surface area contributed by atoms with E-state index in [1.807, 2.05) is 6.92 Å². The lowest BCUT2D eigenvalue weighted by molar-refractivity contribution is -0.118. The van der Waals surface area contributed by atoms with Gasteiger partial charge < -0.3 is 14.0 Å². The van der Waals surface area contributed by atoms with Gasteiger partial charge in [0.25, 0.3) is 0 Å². The van der Waals surface area contributed by atoms with Crippen molar-refractivity contribution in [2.45, 2.75) is 31.2 Å². The van der Waals surface area contributed by atoms with Crippen LogP contribution >= 0.6 is 11.3 Å². The number of nitrogens with zero attached hydrogens (tertiary/aromatic N) is 2. The minimum Gasteiger partial charge on any atom is -0.495 e. The predicted octanol–water partition coefficient (Wildman–Crippen LogP) is 3.34. The maximum Gasteiger partial charge on any atom is 0.248 e. The highest BCUT2D eigenvalue weighted by Gasteiger charge is 2.17. The first-order valence-electron chi connectivity index (χ1n) is 9.85. The van der Waals surface area contributed by atoms with Crippen LogP contribution in [0.5, 0.6) is 11.5 Å². The second-order valence-corrected chi connectivity index (χ2v) is 10.2. The zero-order valence-corrected chi connectivity index (χ0v) is 19.8. The topological polar surface area (TPSA) is 87.0 Å². The number of hydrogen-bond donors (Lipinski definition) is 0. The Labute approximate surface area is 191 Å². The molecular formula is C23H24N2O5S2. The maximum atomic E-state index is 12.5. The molecule has 0 aliphatic rings. The molecule has 2 aromatic carbocycles. The molecular weight excluding hydrogens is 448 g/mol. The maximum absolute atomic E-state index is 12.5. The molecule has 0 saturated carbocycles. The van der Waals surface area contributed by atoms with Crippen LogP contribution in [0, 0.1) is 19.3 Å². The van der Waals surface area contributed by atoms with Gasteiger partial charge in [0, 0.05) is 6.42 Å². The molecule has 9 heteroatoms. The number of hydrogen-bond acceptors (Lipinski definition) is 6. The molecule has 1 amide bonds. The summed E-state index contributed by atoms with van der Waals surface area (Å²) in [4.78, 5) is 17.4. The zero-order valence-electron chi connectivity index (χ0n) is 18.1. The molecule has 3 rings (SSSR count). The van der Waals surface area contributed by atoms with Gasteiger partial charge in [0.1, 0.15) is 21.7 Å². The van der Waals surface area contributed by atoms with E-state index in [1.54, 1.807) is 55.2 Å². The summed E-state index contributed by atoms with van der Waals surface area (Å²) in [6, 6.07) is 10.2. The van der Waals surface area contributed by atoms with Crippen LogP contribution in [0.4, 0.5) is 0 Å². The quantitative estimate of drug-likeness (QED) is 0.469. The van der Waals surface area contributed by atoms with E-state index in [4.69, 9.17) is 15.9 Å². The minimum absolute atomic E-state index is 0.00363. The molecule has 0 spiro atoms. The van der Waals surface area contributed by atoms with Crippen LogP contribution in [0.3, 0.4) is 0 Å². The number of terminal acetylenes is 1. The lowest BCUT2D eigenvalue weighted by Gasteiger charge is -2.08. The van der Waals surface area contributed by atoms with Crippen LogP contribution in [0.1, 0.15) is 18.4 Å². The molecule has 1 aromatic heterocycles. The second kappa shape index (κ2) is 10.0. The largest absolute Gasteiger partial charge is 0.495 e. The Bertz CT molecular complexity index is 1340. The summed E-state index contributed by atoms with van der Waals surface area (Å²) in [6.07, 6.45) is 5.71. The highest BCUT2D eigenvalue weighted by molar-refractivity contribution is 7.91. The molecule has 3 aromatic rings. The van der Waals surface area contributed by atoms with E-state index in [-0.39, 0.29) is 30.0 Å². The van der Waals surface area contributed by atoms with Gasteiger partial charge in [0.15, 0.2) is 14.6 Å². The number of rotatable bonds is 8. The summed E-state index contributed by atoms with van der Waals surface area (Å²) in [5.74, 6) is 3.23. The van der Waals surface area contributed by atoms with E-state index < -0.39 is 15.7 Å². The number of carbonyl (C=O) groups excluding carboxylic acids is 1. The van der Waals surface area contributed by atoms with Gasteiger partial charge in [-0.25, -0.2) is 8.42 Å². The summed E-state index contributed by atoms with van der Waals surface area (Å²) < 4.78 is 38.3. The van der Waals surface area contributed by atoms with Crippen LogP contribution in [0.2, 0.25) is 0 Å². The van der Waals surface area contributed by atoms with Crippen molar-refractivity contribution < 1.29 is 22.7 Å². The summed E-state index contributed by atoms with van der Waals surface area (Å²) in [5.41, 5.74) is 1.68. The Hall–Kier alpha value is -3.09. The second-order valence-electron chi connectivity index (χ2n) is 7.06. The molecule has 7 nitrogen and oxygen atoms in total. The van der Waals surface area contributed by atoms with Crippen molar-refractivity contribution in [1.29, 1.82) is 0 Å². The number of fused-ring (bicyclic) bond motifs is 1. The summed E-state index contributed by atoms with van der Waals surface area (Å²) in [6.45, 7) is 2.08. The Morgan fingerprint density at radius 1 is 1.12 bits per heavy atom. The van der Waals surface area contributed by atoms with Crippen molar-refractivity contribution in [3.63, 3.8) is 0 Å². The highest BCUT2D eigenvalue weighted by Crippen LogP contribution is 2.35. The fraction of sp³-hybridized carbons (Fsp3) is 0.304. The molecule has 0 bridgehead atoms. The lowest BCUT2D eigenvalue weighted by atomic mass is 10.2. The molecule has 32 heavy (non-hydrogen) atoms. The minimum atomic E-state index is -3.46. The summed E-state index contributed by atoms with van der Waals surface area (Å²) >= 11 is 1.27. The van der Waals surface area contributed by atoms with Crippen molar-refractivity contribution in [2.24, 2.45) is 4.99 Å². The lowest BCUT2D eigenvalue weighted by Crippen LogP contribution is -2.17. The molecule has 0 aliphatic carbocycles. The van der Waals surface area contributed by atoms with Crippen molar-refractivity contribution >= 4 is 37.3 Å². The molecule has 0 saturated heterocycles. The molecule has 0 atom stereocenters. The summed E-state index contributed by atoms with van der Waals surface area (Å²) in [5, 5.41) is 0. The van der Waals surface area contributed by atoms with E-state index in [0.29, 0.717) is 21.8 Å². The number of aryl methyl sites for hydroxylation is 1. The van der Waals surface area contributed by atoms with Crippen molar-refractivity contribution in [1.82, 2.24) is 4.57 Å². The van der Waals surface area contributed by atoms with Crippen molar-refractivity contribution in [3.8, 4) is 23.8 Å². The number of ether oxygens (including phenoxy) is 2. The third kappa shape index (κ3) is 5.03. The SMILES string of the molecule is C#CCn1c(=NC(=O)CCCS(=O)(=O)c2ccc(C)cc2)sc2c(OC)ccc(OC)c21. The average Bonchev–Trinajstić information content (AvgIpc) is 3.11. The van der Waals surface area contributed by atoms with Crippen LogP contribution in [0.15, 0.2) is 46.3 Å². The monoisotopic (exact) mass is 472 g/mol. The molecule has 0 aliphatic heterocycles. The first-order valence-corrected chi connectivity index (χ1v) is 12.3. The number of thiazole rings is 1. The van der Waals surface area contributed by atoms with E-state index in [1.165, 1.54) is 11.3 Å². The average molecular weight is 473 g/mol. The number of carbonyl (C=O) groups is 1. The van der Waals surface area contributed by atoms with E-state index in [9.17, 15) is 13.2 Å². The normalized spacial score (nSPS) is 12.0. The number of amides is 1. The van der Waals surface area contributed by atoms with Gasteiger partial charge in [-0.15, -0.1) is 6.42 Å². The van der Waals surface area contributed by atoms with Gasteiger partial charge in [-0.3, -0.25) is 4.79 Å². The molecule has 0 unspecified atom stereocenters. The molecule has 1 heterocycles. The van der Waals surface area contributed by atoms with Gasteiger partial charge in [-0.2, -0.15) is 4.99 Å². The Morgan fingerprint density at radius 2 is 1.78 bits per heavy atom. The highest BCUT2D eigenvalue weighted by atomic mass is 32.2. The van der Waals surface area contributed by atoms with E-state index in [0.717, 1.165) is 10.3 Å². The standard InChI is InChI=1S/C23H24N2O5S2/c1-5-14-25-21-18(29-3)12-13-19(30-4)22(21)31-23(25)24-20(26)7-6-15-32(27,28)17-10-8-16(2)9-11-17/h1,8-13H,6-7,14-15H2,2-4H3. The molecule has 0 N–H and O–H groups in total. The van der Waals surface area contributed by atoms with Gasteiger partial charge in [0.05, 0.1) is 31.4 Å². The Kier molecular flexibility index (Phi) is 7.38. The fourth-order valence-electron chi connectivity index (χ4n) is 3.22. The first kappa shape index (κ1) is 23.6. The molecule has 168 valence electrons. The van der Waals surface area contributed by atoms with Crippen molar-refractivity contribution in [3.05, 3.63) is 46.8 Å². The third-order valence-electron chi connectivity index (χ3n) is 4.85. The molecule has 0 fully saturated rings. The Balaban J connectivity index is 1.85. The van der Waals surface area contributed by atoms with Crippen LogP contribution in [-0.2, 0) is 21.2 Å². The van der Waals surface area contributed by atoms with E-state index >= 15 is 0 Å². The van der Waals surface area contributed by atoms with E-state index in [2.05, 4.69) is 10.9 Å². The number of benzene rings is 2. The first-order chi connectivity index (χ1) is 15.3. The van der Waals surface area contributed by atoms with Gasteiger partial charge in [-0.1, -0.05) is 35.0 Å². The predicted molar refractivity (Wildman–Crippen MR) is 125 cm³/mol. The third-order valence-corrected chi connectivity index (χ3v) is 7.76. The smallest absolute Gasteiger partial charge is 0.248 e. The van der Waals surface area contributed by atoms with Crippen LogP contribution in [0.25, 0.3) is 10.2 Å². The molecule has 0 radical (unpaired) electrons. The van der Waals surface area contributed by atoms with Crippen LogP contribution < -0.4 is 14.3 Å². The van der Waals surface area contributed by atoms with Crippen molar-refractivity contribution in [2.75, 3.05) is 20.0 Å². The summed E-state index contributed by atoms with van der Waals surface area (Å²) in [7, 11) is -0.347. The Morgan fingerprint density at radius 3 is 2.41 bits per heavy atom. The van der Waals surface area contributed by atoms with Crippen LogP contribution in [-0.4, -0.2) is 38.9 Å². The van der Waals surface area contributed by atoms with Gasteiger partial charge >= 0.3 is 0 Å². The zero-order chi connectivity index (χ0) is 23.3. The number of methoxy groups -OCH3 is 2. The van der Waals surface area contributed by atoms with Gasteiger partial charge in [-0.05, 0) is 37.6 Å². The van der Waals surface area contributed by atoms with Gasteiger partial charge in [0.2, 0.25) is 5.91 Å².